The molecule has 0 aromatic heterocycles. The van der Waals surface area contributed by atoms with E-state index in [0.29, 0.717) is 0 Å². The molecule has 0 fully saturated rings. The molecule has 0 atom stereocenters. The summed E-state index contributed by atoms with van der Waals surface area (Å²) in [6, 6.07) is 6.83. The highest BCUT2D eigenvalue weighted by Crippen LogP contribution is 2.34. The van der Waals surface area contributed by atoms with Gasteiger partial charge in [-0.25, -0.2) is 13.2 Å². The molecule has 9 nitrogen and oxygen atoms in total. The Kier molecular flexibility index (Phi) is 6.93. The number of carbonyl (C=O) groups excluding carboxylic acids is 2. The number of anilines is 2. The normalized spacial score (nSPS) is 10.8. The summed E-state index contributed by atoms with van der Waals surface area (Å²) in [5.41, 5.74) is 0.269. The molecule has 2 rings (SSSR count). The molecule has 0 bridgehead atoms. The van der Waals surface area contributed by atoms with Gasteiger partial charge in [0.15, 0.2) is 11.5 Å². The lowest BCUT2D eigenvalue weighted by Crippen LogP contribution is -2.17. The van der Waals surface area contributed by atoms with Gasteiger partial charge in [0.2, 0.25) is 10.0 Å². The number of amides is 1. The maximum atomic E-state index is 12.8. The van der Waals surface area contributed by atoms with Crippen molar-refractivity contribution in [3.8, 4) is 11.5 Å². The SMILES string of the molecule is COC(=O)c1cc(OC)c(OC)cc1NC(=O)c1cc(NS(C)(=O)=O)ccc1Cl. The minimum absolute atomic E-state index is 0.00841. The van der Waals surface area contributed by atoms with Crippen molar-refractivity contribution in [2.45, 2.75) is 0 Å². The van der Waals surface area contributed by atoms with E-state index in [4.69, 9.17) is 25.8 Å². The summed E-state index contributed by atoms with van der Waals surface area (Å²) < 4.78 is 40.2. The minimum atomic E-state index is -3.55. The van der Waals surface area contributed by atoms with Gasteiger partial charge < -0.3 is 19.5 Å². The van der Waals surface area contributed by atoms with E-state index < -0.39 is 21.9 Å². The van der Waals surface area contributed by atoms with Crippen LogP contribution in [0.4, 0.5) is 11.4 Å². The van der Waals surface area contributed by atoms with Crippen molar-refractivity contribution in [3.05, 3.63) is 46.5 Å². The van der Waals surface area contributed by atoms with Gasteiger partial charge >= 0.3 is 5.97 Å². The van der Waals surface area contributed by atoms with Crippen molar-refractivity contribution in [2.75, 3.05) is 37.6 Å². The van der Waals surface area contributed by atoms with Crippen molar-refractivity contribution in [3.63, 3.8) is 0 Å². The number of hydrogen-bond acceptors (Lipinski definition) is 7. The van der Waals surface area contributed by atoms with Crippen LogP contribution in [0, 0.1) is 0 Å². The largest absolute Gasteiger partial charge is 0.493 e. The number of sulfonamides is 1. The monoisotopic (exact) mass is 442 g/mol. The third kappa shape index (κ3) is 5.52. The smallest absolute Gasteiger partial charge is 0.340 e. The van der Waals surface area contributed by atoms with Crippen LogP contribution >= 0.6 is 11.6 Å². The van der Waals surface area contributed by atoms with Gasteiger partial charge in [0.05, 0.1) is 49.4 Å². The lowest BCUT2D eigenvalue weighted by molar-refractivity contribution is 0.0601. The molecule has 0 spiro atoms. The van der Waals surface area contributed by atoms with E-state index in [-0.39, 0.29) is 39.0 Å². The second-order valence-corrected chi connectivity index (χ2v) is 7.92. The van der Waals surface area contributed by atoms with E-state index in [1.165, 1.54) is 51.7 Å². The van der Waals surface area contributed by atoms with Crippen LogP contribution < -0.4 is 19.5 Å². The Labute approximate surface area is 173 Å². The molecule has 0 aliphatic heterocycles. The number of halogens is 1. The molecule has 0 heterocycles. The number of benzene rings is 2. The van der Waals surface area contributed by atoms with E-state index in [0.717, 1.165) is 6.26 Å². The number of esters is 1. The van der Waals surface area contributed by atoms with Gasteiger partial charge in [0.25, 0.3) is 5.91 Å². The maximum absolute atomic E-state index is 12.8. The lowest BCUT2D eigenvalue weighted by Gasteiger charge is -2.15. The van der Waals surface area contributed by atoms with Gasteiger partial charge in [-0.3, -0.25) is 9.52 Å². The fourth-order valence-corrected chi connectivity index (χ4v) is 3.19. The van der Waals surface area contributed by atoms with Gasteiger partial charge in [0, 0.05) is 17.8 Å². The van der Waals surface area contributed by atoms with Crippen molar-refractivity contribution < 1.29 is 32.2 Å². The zero-order valence-corrected chi connectivity index (χ0v) is 17.6. The molecule has 0 aliphatic rings. The van der Waals surface area contributed by atoms with Crippen molar-refractivity contribution in [1.82, 2.24) is 0 Å². The molecule has 0 saturated carbocycles. The lowest BCUT2D eigenvalue weighted by atomic mass is 10.1. The fourth-order valence-electron chi connectivity index (χ4n) is 2.43. The van der Waals surface area contributed by atoms with Crippen LogP contribution in [-0.4, -0.2) is 47.9 Å². The van der Waals surface area contributed by atoms with Crippen LogP contribution in [0.1, 0.15) is 20.7 Å². The van der Waals surface area contributed by atoms with Crippen LogP contribution in [0.2, 0.25) is 5.02 Å². The van der Waals surface area contributed by atoms with E-state index in [2.05, 4.69) is 10.0 Å². The summed E-state index contributed by atoms with van der Waals surface area (Å²) in [5, 5.41) is 2.65. The first-order chi connectivity index (χ1) is 13.6. The topological polar surface area (TPSA) is 120 Å². The molecular formula is C18H19ClN2O7S. The molecule has 2 aromatic rings. The number of carbonyl (C=O) groups is 2. The third-order valence-corrected chi connectivity index (χ3v) is 4.63. The van der Waals surface area contributed by atoms with Gasteiger partial charge in [-0.2, -0.15) is 0 Å². The molecule has 0 saturated heterocycles. The molecule has 0 radical (unpaired) electrons. The minimum Gasteiger partial charge on any atom is -0.493 e. The zero-order valence-electron chi connectivity index (χ0n) is 16.0. The molecule has 29 heavy (non-hydrogen) atoms. The first-order valence-electron chi connectivity index (χ1n) is 8.02. The first-order valence-corrected chi connectivity index (χ1v) is 10.3. The predicted molar refractivity (Wildman–Crippen MR) is 109 cm³/mol. The summed E-state index contributed by atoms with van der Waals surface area (Å²) in [5.74, 6) is -0.846. The number of hydrogen-bond donors (Lipinski definition) is 2. The molecule has 156 valence electrons. The maximum Gasteiger partial charge on any atom is 0.340 e. The summed E-state index contributed by atoms with van der Waals surface area (Å²) in [6.45, 7) is 0. The number of rotatable bonds is 7. The Bertz CT molecular complexity index is 1050. The predicted octanol–water partition coefficient (Wildman–Crippen LogP) is 2.77. The van der Waals surface area contributed by atoms with Crippen molar-refractivity contribution in [2.24, 2.45) is 0 Å². The standard InChI is InChI=1S/C18H19ClN2O7S/c1-26-15-8-12(18(23)28-3)14(9-16(15)27-2)20-17(22)11-7-10(5-6-13(11)19)21-29(4,24)25/h5-9,21H,1-4H3,(H,20,22). The summed E-state index contributed by atoms with van der Waals surface area (Å²) in [4.78, 5) is 24.9. The fraction of sp³-hybridized carbons (Fsp3) is 0.222. The Morgan fingerprint density at radius 3 is 2.14 bits per heavy atom. The Hall–Kier alpha value is -2.98. The molecule has 2 N–H and O–H groups in total. The van der Waals surface area contributed by atoms with Crippen LogP contribution in [0.25, 0.3) is 0 Å². The molecule has 11 heteroatoms. The van der Waals surface area contributed by atoms with E-state index in [1.54, 1.807) is 0 Å². The van der Waals surface area contributed by atoms with E-state index in [1.807, 2.05) is 0 Å². The zero-order chi connectivity index (χ0) is 21.8. The molecule has 1 amide bonds. The Balaban J connectivity index is 2.47. The van der Waals surface area contributed by atoms with Crippen molar-refractivity contribution >= 4 is 44.9 Å². The highest BCUT2D eigenvalue weighted by molar-refractivity contribution is 7.92. The number of nitrogens with one attached hydrogen (secondary N) is 2. The highest BCUT2D eigenvalue weighted by Gasteiger charge is 2.21. The van der Waals surface area contributed by atoms with Crippen LogP contribution in [0.5, 0.6) is 11.5 Å². The highest BCUT2D eigenvalue weighted by atomic mass is 35.5. The Morgan fingerprint density at radius 1 is 0.966 bits per heavy atom. The van der Waals surface area contributed by atoms with Gasteiger partial charge in [0.1, 0.15) is 0 Å². The summed E-state index contributed by atoms with van der Waals surface area (Å²) >= 11 is 6.09. The number of ether oxygens (including phenoxy) is 3. The molecular weight excluding hydrogens is 424 g/mol. The van der Waals surface area contributed by atoms with Crippen LogP contribution in [0.3, 0.4) is 0 Å². The van der Waals surface area contributed by atoms with E-state index in [9.17, 15) is 18.0 Å². The van der Waals surface area contributed by atoms with Crippen molar-refractivity contribution in [1.29, 1.82) is 0 Å². The second-order valence-electron chi connectivity index (χ2n) is 5.77. The second kappa shape index (κ2) is 9.01. The van der Waals surface area contributed by atoms with Crippen LogP contribution in [-0.2, 0) is 14.8 Å². The molecule has 0 unspecified atom stereocenters. The van der Waals surface area contributed by atoms with Gasteiger partial charge in [-0.05, 0) is 18.2 Å². The van der Waals surface area contributed by atoms with E-state index >= 15 is 0 Å². The average Bonchev–Trinajstić information content (AvgIpc) is 2.67. The molecule has 0 aliphatic carbocycles. The quantitative estimate of drug-likeness (QED) is 0.632. The summed E-state index contributed by atoms with van der Waals surface area (Å²) in [7, 11) is 0.452. The third-order valence-electron chi connectivity index (χ3n) is 3.69. The van der Waals surface area contributed by atoms with Crippen LogP contribution in [0.15, 0.2) is 30.3 Å². The first kappa shape index (κ1) is 22.3. The molecule has 2 aromatic carbocycles. The average molecular weight is 443 g/mol. The Morgan fingerprint density at radius 2 is 1.59 bits per heavy atom. The number of methoxy groups -OCH3 is 3. The summed E-state index contributed by atoms with van der Waals surface area (Å²) in [6.07, 6.45) is 0.980. The van der Waals surface area contributed by atoms with Gasteiger partial charge in [-0.15, -0.1) is 0 Å². The van der Waals surface area contributed by atoms with Gasteiger partial charge in [-0.1, -0.05) is 11.6 Å².